The number of nitrogens with zero attached hydrogens (tertiary/aromatic N) is 2. The number of thiazole rings is 1. The number of benzene rings is 2. The number of amides is 1. The van der Waals surface area contributed by atoms with E-state index < -0.39 is 5.82 Å². The van der Waals surface area contributed by atoms with Gasteiger partial charge in [0, 0.05) is 6.61 Å². The number of halogens is 1. The third-order valence-electron chi connectivity index (χ3n) is 4.80. The minimum absolute atomic E-state index is 0.0471. The molecule has 2 aromatic carbocycles. The van der Waals surface area contributed by atoms with Crippen LogP contribution in [0.25, 0.3) is 10.2 Å². The van der Waals surface area contributed by atoms with Gasteiger partial charge in [0.15, 0.2) is 23.3 Å². The zero-order chi connectivity index (χ0) is 20.9. The molecule has 0 bridgehead atoms. The Morgan fingerprint density at radius 2 is 2.07 bits per heavy atom. The van der Waals surface area contributed by atoms with Gasteiger partial charge >= 0.3 is 0 Å². The van der Waals surface area contributed by atoms with Gasteiger partial charge in [-0.05, 0) is 44.0 Å². The third-order valence-corrected chi connectivity index (χ3v) is 5.84. The summed E-state index contributed by atoms with van der Waals surface area (Å²) in [5.74, 6) is -0.0708. The molecule has 0 N–H and O–H groups in total. The molecule has 6 nitrogen and oxygen atoms in total. The smallest absolute Gasteiger partial charge is 0.266 e. The lowest BCUT2D eigenvalue weighted by Crippen LogP contribution is -2.40. The summed E-state index contributed by atoms with van der Waals surface area (Å²) in [5, 5.41) is 0.551. The second-order valence-corrected chi connectivity index (χ2v) is 7.90. The van der Waals surface area contributed by atoms with Crippen LogP contribution in [-0.4, -0.2) is 43.4 Å². The lowest BCUT2D eigenvalue weighted by Gasteiger charge is -2.23. The Morgan fingerprint density at radius 3 is 2.83 bits per heavy atom. The number of rotatable bonds is 8. The van der Waals surface area contributed by atoms with Crippen LogP contribution in [-0.2, 0) is 9.53 Å². The highest BCUT2D eigenvalue weighted by molar-refractivity contribution is 7.22. The van der Waals surface area contributed by atoms with Crippen LogP contribution in [0.1, 0.15) is 19.8 Å². The van der Waals surface area contributed by atoms with E-state index in [1.165, 1.54) is 23.5 Å². The van der Waals surface area contributed by atoms with E-state index in [0.29, 0.717) is 30.6 Å². The van der Waals surface area contributed by atoms with Crippen molar-refractivity contribution in [2.24, 2.45) is 0 Å². The van der Waals surface area contributed by atoms with Crippen molar-refractivity contribution >= 4 is 32.6 Å². The average Bonchev–Trinajstić information content (AvgIpc) is 3.41. The minimum atomic E-state index is -0.502. The third kappa shape index (κ3) is 4.55. The minimum Gasteiger partial charge on any atom is -0.492 e. The first-order valence-electron chi connectivity index (χ1n) is 9.97. The Labute approximate surface area is 178 Å². The molecule has 1 amide bonds. The number of carbonyl (C=O) groups is 1. The van der Waals surface area contributed by atoms with E-state index in [2.05, 4.69) is 4.98 Å². The standard InChI is InChI=1S/C22H23FN2O4S/c1-2-27-18-10-5-11-19-21(18)24-22(30-19)25(13-15-7-6-12-28-15)20(26)14-29-17-9-4-3-8-16(17)23/h3-5,8-11,15H,2,6-7,12-14H2,1H3. The predicted octanol–water partition coefficient (Wildman–Crippen LogP) is 4.43. The number of carbonyl (C=O) groups excluding carboxylic acids is 1. The highest BCUT2D eigenvalue weighted by Crippen LogP contribution is 2.35. The fourth-order valence-electron chi connectivity index (χ4n) is 3.36. The lowest BCUT2D eigenvalue weighted by atomic mass is 10.2. The first-order valence-corrected chi connectivity index (χ1v) is 10.8. The van der Waals surface area contributed by atoms with E-state index in [1.807, 2.05) is 25.1 Å². The summed E-state index contributed by atoms with van der Waals surface area (Å²) >= 11 is 1.41. The summed E-state index contributed by atoms with van der Waals surface area (Å²) in [6.07, 6.45) is 1.79. The van der Waals surface area contributed by atoms with Gasteiger partial charge in [-0.3, -0.25) is 9.69 Å². The highest BCUT2D eigenvalue weighted by Gasteiger charge is 2.27. The van der Waals surface area contributed by atoms with Crippen LogP contribution < -0.4 is 14.4 Å². The van der Waals surface area contributed by atoms with Crippen LogP contribution in [0.2, 0.25) is 0 Å². The van der Waals surface area contributed by atoms with Crippen molar-refractivity contribution in [2.75, 3.05) is 31.3 Å². The van der Waals surface area contributed by atoms with Gasteiger partial charge in [-0.2, -0.15) is 0 Å². The fraction of sp³-hybridized carbons (Fsp3) is 0.364. The topological polar surface area (TPSA) is 60.9 Å². The monoisotopic (exact) mass is 430 g/mol. The molecule has 1 atom stereocenters. The molecule has 4 rings (SSSR count). The molecule has 1 unspecified atom stereocenters. The maximum Gasteiger partial charge on any atom is 0.266 e. The van der Waals surface area contributed by atoms with Crippen LogP contribution in [0, 0.1) is 5.82 Å². The van der Waals surface area contributed by atoms with E-state index in [4.69, 9.17) is 14.2 Å². The van der Waals surface area contributed by atoms with E-state index in [0.717, 1.165) is 23.1 Å². The molecule has 0 spiro atoms. The summed E-state index contributed by atoms with van der Waals surface area (Å²) in [4.78, 5) is 19.3. The van der Waals surface area contributed by atoms with Crippen LogP contribution in [0.5, 0.6) is 11.5 Å². The largest absolute Gasteiger partial charge is 0.492 e. The van der Waals surface area contributed by atoms with Gasteiger partial charge in [-0.25, -0.2) is 9.37 Å². The van der Waals surface area contributed by atoms with Crippen LogP contribution in [0.4, 0.5) is 9.52 Å². The Balaban J connectivity index is 1.59. The lowest BCUT2D eigenvalue weighted by molar-refractivity contribution is -0.121. The van der Waals surface area contributed by atoms with Crippen molar-refractivity contribution in [3.05, 3.63) is 48.3 Å². The molecule has 1 aromatic heterocycles. The van der Waals surface area contributed by atoms with Crippen molar-refractivity contribution in [1.82, 2.24) is 4.98 Å². The maximum atomic E-state index is 13.9. The van der Waals surface area contributed by atoms with E-state index in [-0.39, 0.29) is 24.4 Å². The van der Waals surface area contributed by atoms with Crippen LogP contribution >= 0.6 is 11.3 Å². The van der Waals surface area contributed by atoms with Crippen molar-refractivity contribution in [2.45, 2.75) is 25.9 Å². The fourth-order valence-corrected chi connectivity index (χ4v) is 4.37. The van der Waals surface area contributed by atoms with Gasteiger partial charge in [0.25, 0.3) is 5.91 Å². The number of ether oxygens (including phenoxy) is 3. The molecule has 1 saturated heterocycles. The summed E-state index contributed by atoms with van der Waals surface area (Å²) in [5.41, 5.74) is 0.722. The molecule has 0 aliphatic carbocycles. The molecule has 30 heavy (non-hydrogen) atoms. The average molecular weight is 431 g/mol. The predicted molar refractivity (Wildman–Crippen MR) is 114 cm³/mol. The zero-order valence-electron chi connectivity index (χ0n) is 16.7. The van der Waals surface area contributed by atoms with Crippen LogP contribution in [0.3, 0.4) is 0 Å². The van der Waals surface area contributed by atoms with Gasteiger partial charge in [0.05, 0.1) is 24.0 Å². The Hall–Kier alpha value is -2.71. The second-order valence-electron chi connectivity index (χ2n) is 6.89. The first kappa shape index (κ1) is 20.6. The van der Waals surface area contributed by atoms with Gasteiger partial charge in [0.1, 0.15) is 11.3 Å². The molecule has 1 aliphatic rings. The van der Waals surface area contributed by atoms with Crippen LogP contribution in [0.15, 0.2) is 42.5 Å². The number of hydrogen-bond donors (Lipinski definition) is 0. The molecule has 1 aliphatic heterocycles. The molecule has 158 valence electrons. The number of hydrogen-bond acceptors (Lipinski definition) is 6. The molecular weight excluding hydrogens is 407 g/mol. The Bertz CT molecular complexity index is 1020. The SMILES string of the molecule is CCOc1cccc2sc(N(CC3CCCO3)C(=O)COc3ccccc3F)nc12. The van der Waals surface area contributed by atoms with Crippen molar-refractivity contribution < 1.29 is 23.4 Å². The van der Waals surface area contributed by atoms with Crippen molar-refractivity contribution in [3.63, 3.8) is 0 Å². The molecule has 3 aromatic rings. The van der Waals surface area contributed by atoms with Gasteiger partial charge in [-0.15, -0.1) is 0 Å². The number of fused-ring (bicyclic) bond motifs is 1. The molecule has 0 saturated carbocycles. The quantitative estimate of drug-likeness (QED) is 0.529. The van der Waals surface area contributed by atoms with E-state index in [1.54, 1.807) is 17.0 Å². The second kappa shape index (κ2) is 9.40. The van der Waals surface area contributed by atoms with Gasteiger partial charge < -0.3 is 14.2 Å². The summed E-state index contributed by atoms with van der Waals surface area (Å²) in [7, 11) is 0. The number of anilines is 1. The van der Waals surface area contributed by atoms with Gasteiger partial charge in [0.2, 0.25) is 0 Å². The number of aromatic nitrogens is 1. The normalized spacial score (nSPS) is 16.0. The first-order chi connectivity index (χ1) is 14.7. The van der Waals surface area contributed by atoms with E-state index in [9.17, 15) is 9.18 Å². The summed E-state index contributed by atoms with van der Waals surface area (Å²) in [6.45, 7) is 3.22. The Kier molecular flexibility index (Phi) is 6.44. The van der Waals surface area contributed by atoms with Crippen molar-refractivity contribution in [3.8, 4) is 11.5 Å². The summed E-state index contributed by atoms with van der Waals surface area (Å²) in [6, 6.07) is 11.8. The molecular formula is C22H23FN2O4S. The van der Waals surface area contributed by atoms with E-state index >= 15 is 0 Å². The molecule has 0 radical (unpaired) electrons. The zero-order valence-corrected chi connectivity index (χ0v) is 17.5. The Morgan fingerprint density at radius 1 is 1.23 bits per heavy atom. The molecule has 8 heteroatoms. The molecule has 2 heterocycles. The van der Waals surface area contributed by atoms with Crippen molar-refractivity contribution in [1.29, 1.82) is 0 Å². The van der Waals surface area contributed by atoms with Gasteiger partial charge in [-0.1, -0.05) is 29.5 Å². The maximum absolute atomic E-state index is 13.9. The molecule has 1 fully saturated rings. The highest BCUT2D eigenvalue weighted by atomic mass is 32.1. The summed E-state index contributed by atoms with van der Waals surface area (Å²) < 4.78 is 31.6. The number of para-hydroxylation sites is 2.